The highest BCUT2D eigenvalue weighted by molar-refractivity contribution is 9.10. The van der Waals surface area contributed by atoms with Crippen molar-refractivity contribution in [3.8, 4) is 11.5 Å². The summed E-state index contributed by atoms with van der Waals surface area (Å²) in [7, 11) is -3.35. The standard InChI is InChI=1S/C18H14BrNO6S/c1-25-16-5-3-2-4-15(16)20-18(21)14-9-12-8-13(19)7-6-11(12)10-17(14)26-27(22,23)24/h2-10H,1H3,(H,20,21)(H,22,23,24). The zero-order valence-corrected chi connectivity index (χ0v) is 16.4. The van der Waals surface area contributed by atoms with Crippen molar-refractivity contribution in [3.05, 3.63) is 64.6 Å². The third-order valence-corrected chi connectivity index (χ3v) is 4.58. The Labute approximate surface area is 164 Å². The van der Waals surface area contributed by atoms with Gasteiger partial charge in [-0.3, -0.25) is 9.35 Å². The number of para-hydroxylation sites is 2. The minimum Gasteiger partial charge on any atom is -0.495 e. The molecule has 0 atom stereocenters. The van der Waals surface area contributed by atoms with E-state index >= 15 is 0 Å². The fraction of sp³-hybridized carbons (Fsp3) is 0.0556. The number of nitrogens with one attached hydrogen (secondary N) is 1. The third-order valence-electron chi connectivity index (χ3n) is 3.70. The summed E-state index contributed by atoms with van der Waals surface area (Å²) in [5.74, 6) is -0.480. The van der Waals surface area contributed by atoms with E-state index in [4.69, 9.17) is 9.29 Å². The van der Waals surface area contributed by atoms with E-state index in [2.05, 4.69) is 25.4 Å². The predicted octanol–water partition coefficient (Wildman–Crippen LogP) is 4.04. The maximum Gasteiger partial charge on any atom is 0.446 e. The minimum atomic E-state index is -4.81. The maximum atomic E-state index is 12.8. The van der Waals surface area contributed by atoms with Crippen molar-refractivity contribution in [3.63, 3.8) is 0 Å². The van der Waals surface area contributed by atoms with Crippen LogP contribution >= 0.6 is 15.9 Å². The number of fused-ring (bicyclic) bond motifs is 1. The van der Waals surface area contributed by atoms with Gasteiger partial charge in [-0.2, -0.15) is 8.42 Å². The van der Waals surface area contributed by atoms with E-state index < -0.39 is 16.3 Å². The van der Waals surface area contributed by atoms with Crippen molar-refractivity contribution in [1.29, 1.82) is 0 Å². The van der Waals surface area contributed by atoms with Crippen LogP contribution in [0.4, 0.5) is 5.69 Å². The number of halogens is 1. The Balaban J connectivity index is 2.09. The first-order valence-electron chi connectivity index (χ1n) is 7.61. The average molecular weight is 452 g/mol. The van der Waals surface area contributed by atoms with Gasteiger partial charge < -0.3 is 14.2 Å². The summed E-state index contributed by atoms with van der Waals surface area (Å²) in [6.07, 6.45) is 0. The molecule has 27 heavy (non-hydrogen) atoms. The molecule has 0 aliphatic carbocycles. The van der Waals surface area contributed by atoms with Crippen LogP contribution in [0.25, 0.3) is 10.8 Å². The molecular formula is C18H14BrNO6S. The highest BCUT2D eigenvalue weighted by Gasteiger charge is 2.20. The van der Waals surface area contributed by atoms with Gasteiger partial charge in [-0.25, -0.2) is 0 Å². The van der Waals surface area contributed by atoms with Gasteiger partial charge in [0.25, 0.3) is 5.91 Å². The SMILES string of the molecule is COc1ccccc1NC(=O)c1cc2cc(Br)ccc2cc1OS(=O)(=O)O. The summed E-state index contributed by atoms with van der Waals surface area (Å²) in [6, 6.07) is 14.9. The normalized spacial score (nSPS) is 11.2. The number of carbonyl (C=O) groups excluding carboxylic acids is 1. The van der Waals surface area contributed by atoms with E-state index in [1.54, 1.807) is 42.5 Å². The molecule has 2 N–H and O–H groups in total. The van der Waals surface area contributed by atoms with E-state index in [-0.39, 0.29) is 11.3 Å². The zero-order valence-electron chi connectivity index (χ0n) is 14.0. The Kier molecular flexibility index (Phi) is 5.36. The first-order valence-corrected chi connectivity index (χ1v) is 9.77. The van der Waals surface area contributed by atoms with Crippen molar-refractivity contribution >= 4 is 48.7 Å². The number of hydrogen-bond acceptors (Lipinski definition) is 5. The van der Waals surface area contributed by atoms with E-state index in [0.29, 0.717) is 22.2 Å². The van der Waals surface area contributed by atoms with Crippen LogP contribution in [0.2, 0.25) is 0 Å². The molecule has 0 heterocycles. The average Bonchev–Trinajstić information content (AvgIpc) is 2.60. The smallest absolute Gasteiger partial charge is 0.446 e. The fourth-order valence-corrected chi connectivity index (χ4v) is 3.29. The van der Waals surface area contributed by atoms with Crippen LogP contribution in [-0.2, 0) is 10.4 Å². The van der Waals surface area contributed by atoms with Gasteiger partial charge in [0.15, 0.2) is 5.75 Å². The second-order valence-electron chi connectivity index (χ2n) is 5.51. The molecule has 140 valence electrons. The van der Waals surface area contributed by atoms with Crippen LogP contribution in [0.1, 0.15) is 10.4 Å². The molecule has 0 aliphatic rings. The molecule has 0 unspecified atom stereocenters. The summed E-state index contributed by atoms with van der Waals surface area (Å²) in [6.45, 7) is 0. The summed E-state index contributed by atoms with van der Waals surface area (Å²) in [5, 5.41) is 3.96. The van der Waals surface area contributed by atoms with Crippen LogP contribution in [0, 0.1) is 0 Å². The summed E-state index contributed by atoms with van der Waals surface area (Å²) < 4.78 is 42.0. The number of hydrogen-bond donors (Lipinski definition) is 2. The van der Waals surface area contributed by atoms with Crippen LogP contribution < -0.4 is 14.2 Å². The Bertz CT molecular complexity index is 1130. The number of rotatable bonds is 5. The lowest BCUT2D eigenvalue weighted by Gasteiger charge is -2.13. The monoisotopic (exact) mass is 451 g/mol. The summed E-state index contributed by atoms with van der Waals surface area (Å²) >= 11 is 3.35. The lowest BCUT2D eigenvalue weighted by atomic mass is 10.1. The Morgan fingerprint density at radius 2 is 1.78 bits per heavy atom. The van der Waals surface area contributed by atoms with Gasteiger partial charge in [0.2, 0.25) is 0 Å². The minimum absolute atomic E-state index is 0.0656. The van der Waals surface area contributed by atoms with E-state index in [1.165, 1.54) is 19.2 Å². The van der Waals surface area contributed by atoms with E-state index in [9.17, 15) is 13.2 Å². The lowest BCUT2D eigenvalue weighted by molar-refractivity contribution is 0.102. The van der Waals surface area contributed by atoms with Crippen LogP contribution in [-0.4, -0.2) is 26.0 Å². The number of carbonyl (C=O) groups is 1. The van der Waals surface area contributed by atoms with Crippen molar-refractivity contribution in [2.24, 2.45) is 0 Å². The quantitative estimate of drug-likeness (QED) is 0.567. The van der Waals surface area contributed by atoms with Crippen molar-refractivity contribution < 1.29 is 26.7 Å². The fourth-order valence-electron chi connectivity index (χ4n) is 2.55. The molecule has 0 aromatic heterocycles. The molecule has 0 saturated heterocycles. The molecule has 0 radical (unpaired) electrons. The molecule has 0 bridgehead atoms. The highest BCUT2D eigenvalue weighted by Crippen LogP contribution is 2.31. The topological polar surface area (TPSA) is 102 Å². The summed E-state index contributed by atoms with van der Waals surface area (Å²) in [5.41, 5.74) is 0.335. The molecule has 0 aliphatic heterocycles. The first kappa shape index (κ1) is 19.2. The van der Waals surface area contributed by atoms with E-state index in [1.807, 2.05) is 0 Å². The molecular weight excluding hydrogens is 438 g/mol. The molecule has 0 saturated carbocycles. The maximum absolute atomic E-state index is 12.8. The molecule has 3 aromatic carbocycles. The molecule has 3 aromatic rings. The van der Waals surface area contributed by atoms with Gasteiger partial charge in [-0.15, -0.1) is 0 Å². The Morgan fingerprint density at radius 1 is 1.04 bits per heavy atom. The first-order chi connectivity index (χ1) is 12.8. The molecule has 0 fully saturated rings. The largest absolute Gasteiger partial charge is 0.495 e. The molecule has 7 nitrogen and oxygen atoms in total. The third kappa shape index (κ3) is 4.57. The predicted molar refractivity (Wildman–Crippen MR) is 105 cm³/mol. The second-order valence-corrected chi connectivity index (χ2v) is 7.44. The van der Waals surface area contributed by atoms with Gasteiger partial charge >= 0.3 is 10.4 Å². The number of ether oxygens (including phenoxy) is 1. The second kappa shape index (κ2) is 7.55. The van der Waals surface area contributed by atoms with Crippen LogP contribution in [0.5, 0.6) is 11.5 Å². The Hall–Kier alpha value is -2.62. The van der Waals surface area contributed by atoms with Crippen molar-refractivity contribution in [2.75, 3.05) is 12.4 Å². The zero-order chi connectivity index (χ0) is 19.6. The summed E-state index contributed by atoms with van der Waals surface area (Å²) in [4.78, 5) is 12.8. The van der Waals surface area contributed by atoms with E-state index in [0.717, 1.165) is 4.47 Å². The van der Waals surface area contributed by atoms with Crippen LogP contribution in [0.3, 0.4) is 0 Å². The molecule has 3 rings (SSSR count). The highest BCUT2D eigenvalue weighted by atomic mass is 79.9. The molecule has 1 amide bonds. The Morgan fingerprint density at radius 3 is 2.48 bits per heavy atom. The van der Waals surface area contributed by atoms with Gasteiger partial charge in [0, 0.05) is 4.47 Å². The number of anilines is 1. The van der Waals surface area contributed by atoms with Gasteiger partial charge in [0.1, 0.15) is 5.75 Å². The van der Waals surface area contributed by atoms with Gasteiger partial charge in [-0.05, 0) is 47.2 Å². The van der Waals surface area contributed by atoms with Crippen molar-refractivity contribution in [2.45, 2.75) is 0 Å². The van der Waals surface area contributed by atoms with Gasteiger partial charge in [0.05, 0.1) is 18.4 Å². The number of methoxy groups -OCH3 is 1. The van der Waals surface area contributed by atoms with Gasteiger partial charge in [-0.1, -0.05) is 34.1 Å². The lowest BCUT2D eigenvalue weighted by Crippen LogP contribution is -2.16. The molecule has 0 spiro atoms. The number of benzene rings is 3. The van der Waals surface area contributed by atoms with Crippen molar-refractivity contribution in [1.82, 2.24) is 0 Å². The number of amides is 1. The van der Waals surface area contributed by atoms with Crippen LogP contribution in [0.15, 0.2) is 59.1 Å². The molecule has 9 heteroatoms.